The molecule has 0 heterocycles. The number of hydroxylamine groups is 1. The highest BCUT2D eigenvalue weighted by Crippen LogP contribution is 1.71. The van der Waals surface area contributed by atoms with E-state index >= 15 is 0 Å². The summed E-state index contributed by atoms with van der Waals surface area (Å²) in [6.45, 7) is 1.72. The fourth-order valence-corrected chi connectivity index (χ4v) is 0.327. The van der Waals surface area contributed by atoms with Crippen LogP contribution >= 0.6 is 0 Å². The van der Waals surface area contributed by atoms with Crippen molar-refractivity contribution >= 4 is 0 Å². The third-order valence-corrected chi connectivity index (χ3v) is 0.704. The summed E-state index contributed by atoms with van der Waals surface area (Å²) in [7, 11) is 0. The highest BCUT2D eigenvalue weighted by atomic mass is 16.6. The maximum atomic E-state index is 8.04. The van der Waals surface area contributed by atoms with Gasteiger partial charge in [0.1, 0.15) is 0 Å². The van der Waals surface area contributed by atoms with Gasteiger partial charge in [0, 0.05) is 6.54 Å². The lowest BCUT2D eigenvalue weighted by Gasteiger charge is -2.00. The van der Waals surface area contributed by atoms with Crippen molar-refractivity contribution < 1.29 is 14.8 Å². The van der Waals surface area contributed by atoms with Crippen LogP contribution in [0.1, 0.15) is 0 Å². The molecule has 0 spiro atoms. The molecule has 4 N–H and O–H groups in total. The van der Waals surface area contributed by atoms with Gasteiger partial charge in [-0.05, 0) is 0 Å². The number of nitrogens with two attached hydrogens (primary N) is 1. The summed E-state index contributed by atoms with van der Waals surface area (Å²) in [6.07, 6.45) is 0. The molecular formula is C4H12N2O3. The molecule has 0 aromatic carbocycles. The Kier molecular flexibility index (Phi) is 7.63. The highest BCUT2D eigenvalue weighted by Gasteiger charge is 1.84. The molecule has 0 aliphatic rings. The van der Waals surface area contributed by atoms with E-state index in [0.29, 0.717) is 26.4 Å². The van der Waals surface area contributed by atoms with E-state index in [1.165, 1.54) is 0 Å². The Labute approximate surface area is 53.7 Å². The number of hydrogen-bond acceptors (Lipinski definition) is 5. The Hall–Kier alpha value is -0.200. The Morgan fingerprint density at radius 2 is 2.11 bits per heavy atom. The lowest BCUT2D eigenvalue weighted by Crippen LogP contribution is -2.17. The van der Waals surface area contributed by atoms with Crippen LogP contribution < -0.4 is 11.4 Å². The van der Waals surface area contributed by atoms with Gasteiger partial charge in [-0.15, -0.1) is 0 Å². The maximum Gasteiger partial charge on any atom is 0.0913 e. The molecule has 0 rings (SSSR count). The van der Waals surface area contributed by atoms with E-state index in [4.69, 9.17) is 15.8 Å². The average molecular weight is 136 g/mol. The van der Waals surface area contributed by atoms with Gasteiger partial charge >= 0.3 is 0 Å². The predicted octanol–water partition coefficient (Wildman–Crippen LogP) is -1.13. The summed E-state index contributed by atoms with van der Waals surface area (Å²) >= 11 is 0. The zero-order valence-corrected chi connectivity index (χ0v) is 5.17. The zero-order chi connectivity index (χ0) is 6.95. The van der Waals surface area contributed by atoms with Crippen molar-refractivity contribution in [2.75, 3.05) is 26.4 Å². The van der Waals surface area contributed by atoms with Gasteiger partial charge in [0.15, 0.2) is 0 Å². The van der Waals surface area contributed by atoms with Crippen molar-refractivity contribution in [3.05, 3.63) is 0 Å². The summed E-state index contributed by atoms with van der Waals surface area (Å²) in [5, 5.41) is 8.04. The summed E-state index contributed by atoms with van der Waals surface area (Å²) < 4.78 is 4.89. The maximum absolute atomic E-state index is 8.04. The molecule has 0 aliphatic carbocycles. The fourth-order valence-electron chi connectivity index (χ4n) is 0.327. The largest absolute Gasteiger partial charge is 0.378 e. The van der Waals surface area contributed by atoms with Crippen LogP contribution in [0.4, 0.5) is 0 Å². The number of ether oxygens (including phenoxy) is 1. The van der Waals surface area contributed by atoms with Crippen molar-refractivity contribution in [3.63, 3.8) is 0 Å². The molecular weight excluding hydrogens is 124 g/mol. The van der Waals surface area contributed by atoms with E-state index in [-0.39, 0.29) is 0 Å². The predicted molar refractivity (Wildman–Crippen MR) is 30.7 cm³/mol. The minimum Gasteiger partial charge on any atom is -0.378 e. The SMILES string of the molecule is NOCCOCCNO. The van der Waals surface area contributed by atoms with Crippen LogP contribution in [-0.2, 0) is 9.57 Å². The van der Waals surface area contributed by atoms with Gasteiger partial charge in [-0.25, -0.2) is 11.4 Å². The molecule has 0 saturated heterocycles. The molecule has 56 valence electrons. The molecule has 0 fully saturated rings. The van der Waals surface area contributed by atoms with Crippen molar-refractivity contribution in [1.29, 1.82) is 0 Å². The van der Waals surface area contributed by atoms with Gasteiger partial charge in [-0.2, -0.15) is 0 Å². The van der Waals surface area contributed by atoms with Crippen molar-refractivity contribution in [2.45, 2.75) is 0 Å². The monoisotopic (exact) mass is 136 g/mol. The molecule has 0 aromatic heterocycles. The van der Waals surface area contributed by atoms with Crippen LogP contribution in [-0.4, -0.2) is 31.6 Å². The minimum absolute atomic E-state index is 0.380. The van der Waals surface area contributed by atoms with E-state index in [1.54, 1.807) is 0 Å². The van der Waals surface area contributed by atoms with Crippen LogP contribution in [0.2, 0.25) is 0 Å². The molecule has 5 heteroatoms. The van der Waals surface area contributed by atoms with E-state index in [1.807, 2.05) is 5.48 Å². The second-order valence-corrected chi connectivity index (χ2v) is 1.39. The Morgan fingerprint density at radius 1 is 1.33 bits per heavy atom. The first-order valence-corrected chi connectivity index (χ1v) is 2.68. The quantitative estimate of drug-likeness (QED) is 0.318. The molecule has 0 amide bonds. The van der Waals surface area contributed by atoms with Gasteiger partial charge in [-0.3, -0.25) is 0 Å². The van der Waals surface area contributed by atoms with Crippen LogP contribution in [0.25, 0.3) is 0 Å². The average Bonchev–Trinajstić information content (AvgIpc) is 1.89. The lowest BCUT2D eigenvalue weighted by molar-refractivity contribution is 0.0370. The highest BCUT2D eigenvalue weighted by molar-refractivity contribution is 4.31. The second kappa shape index (κ2) is 7.80. The fraction of sp³-hybridized carbons (Fsp3) is 1.00. The molecule has 0 unspecified atom stereocenters. The summed E-state index contributed by atoms with van der Waals surface area (Å²) in [5.41, 5.74) is 1.95. The lowest BCUT2D eigenvalue weighted by atomic mass is 10.7. The first-order valence-electron chi connectivity index (χ1n) is 2.68. The Bertz CT molecular complexity index is 47.1. The van der Waals surface area contributed by atoms with Crippen molar-refractivity contribution in [2.24, 2.45) is 5.90 Å². The molecule has 0 saturated carbocycles. The summed E-state index contributed by atoms with van der Waals surface area (Å²) in [5.74, 6) is 4.70. The molecule has 9 heavy (non-hydrogen) atoms. The van der Waals surface area contributed by atoms with Crippen LogP contribution in [0, 0.1) is 0 Å². The van der Waals surface area contributed by atoms with E-state index in [2.05, 4.69) is 4.84 Å². The van der Waals surface area contributed by atoms with Gasteiger partial charge in [0.2, 0.25) is 0 Å². The van der Waals surface area contributed by atoms with E-state index in [0.717, 1.165) is 0 Å². The van der Waals surface area contributed by atoms with Crippen LogP contribution in [0.3, 0.4) is 0 Å². The number of nitrogens with one attached hydrogen (secondary N) is 1. The van der Waals surface area contributed by atoms with E-state index < -0.39 is 0 Å². The van der Waals surface area contributed by atoms with Gasteiger partial charge in [-0.1, -0.05) is 0 Å². The molecule has 5 nitrogen and oxygen atoms in total. The van der Waals surface area contributed by atoms with Crippen molar-refractivity contribution in [3.8, 4) is 0 Å². The van der Waals surface area contributed by atoms with Gasteiger partial charge in [0.25, 0.3) is 0 Å². The topological polar surface area (TPSA) is 76.7 Å². The van der Waals surface area contributed by atoms with Gasteiger partial charge < -0.3 is 14.8 Å². The molecule has 0 aromatic rings. The molecule has 0 radical (unpaired) electrons. The van der Waals surface area contributed by atoms with Crippen LogP contribution in [0.15, 0.2) is 0 Å². The van der Waals surface area contributed by atoms with Crippen LogP contribution in [0.5, 0.6) is 0 Å². The first-order chi connectivity index (χ1) is 4.41. The Morgan fingerprint density at radius 3 is 2.67 bits per heavy atom. The molecule has 0 atom stereocenters. The number of rotatable bonds is 6. The summed E-state index contributed by atoms with van der Waals surface area (Å²) in [6, 6.07) is 0. The normalized spacial score (nSPS) is 10.0. The Balaban J connectivity index is 2.60. The number of hydrogen-bond donors (Lipinski definition) is 3. The van der Waals surface area contributed by atoms with Gasteiger partial charge in [0.05, 0.1) is 19.8 Å². The van der Waals surface area contributed by atoms with E-state index in [9.17, 15) is 0 Å². The standard InChI is InChI=1S/C4H12N2O3/c5-9-4-3-8-2-1-6-7/h6-7H,1-5H2. The second-order valence-electron chi connectivity index (χ2n) is 1.39. The zero-order valence-electron chi connectivity index (χ0n) is 5.17. The molecule has 0 bridgehead atoms. The minimum atomic E-state index is 0.380. The van der Waals surface area contributed by atoms with Crippen molar-refractivity contribution in [1.82, 2.24) is 5.48 Å². The first kappa shape index (κ1) is 8.80. The third kappa shape index (κ3) is 7.80. The summed E-state index contributed by atoms with van der Waals surface area (Å²) in [4.78, 5) is 4.21. The molecule has 0 aliphatic heterocycles. The third-order valence-electron chi connectivity index (χ3n) is 0.704. The smallest absolute Gasteiger partial charge is 0.0913 e.